The first kappa shape index (κ1) is 16.9. The average molecular weight is 314 g/mol. The number of amides is 2. The Morgan fingerprint density at radius 3 is 2.81 bits per heavy atom. The van der Waals surface area contributed by atoms with Crippen LogP contribution in [-0.4, -0.2) is 41.3 Å². The summed E-state index contributed by atoms with van der Waals surface area (Å²) in [6.07, 6.45) is 10.6. The van der Waals surface area contributed by atoms with Gasteiger partial charge in [0, 0.05) is 23.3 Å². The molecule has 0 aliphatic heterocycles. The number of carbonyl (C=O) groups excluding carboxylic acids is 1. The van der Waals surface area contributed by atoms with Crippen LogP contribution in [0.25, 0.3) is 0 Å². The molecule has 0 aromatic rings. The fraction of sp³-hybridized carbons (Fsp3) is 0.938. The number of aliphatic hydroxyl groups excluding tert-OH is 1. The molecule has 2 amide bonds. The van der Waals surface area contributed by atoms with Gasteiger partial charge < -0.3 is 15.7 Å². The molecule has 2 aliphatic rings. The van der Waals surface area contributed by atoms with Gasteiger partial charge in [-0.15, -0.1) is 0 Å². The summed E-state index contributed by atoms with van der Waals surface area (Å²) in [5, 5.41) is 16.9. The van der Waals surface area contributed by atoms with E-state index in [1.165, 1.54) is 12.8 Å². The van der Waals surface area contributed by atoms with Crippen molar-refractivity contribution in [1.82, 2.24) is 10.6 Å². The third-order valence-electron chi connectivity index (χ3n) is 5.23. The van der Waals surface area contributed by atoms with Crippen LogP contribution >= 0.6 is 11.8 Å². The minimum absolute atomic E-state index is 0.0687. The van der Waals surface area contributed by atoms with Crippen molar-refractivity contribution in [3.63, 3.8) is 0 Å². The molecule has 4 atom stereocenters. The molecule has 3 N–H and O–H groups in total. The van der Waals surface area contributed by atoms with Gasteiger partial charge in [0.1, 0.15) is 0 Å². The lowest BCUT2D eigenvalue weighted by molar-refractivity contribution is 0.00303. The van der Waals surface area contributed by atoms with Crippen LogP contribution in [0.5, 0.6) is 0 Å². The molecule has 0 radical (unpaired) electrons. The quantitative estimate of drug-likeness (QED) is 0.748. The Labute approximate surface area is 132 Å². The first-order chi connectivity index (χ1) is 10.0. The minimum atomic E-state index is -0.290. The zero-order valence-electron chi connectivity index (χ0n) is 13.4. The SMILES string of the molecule is CSC1CCCC(NC(=O)NCC2(C)CCCCC2O)C1. The van der Waals surface area contributed by atoms with Crippen molar-refractivity contribution >= 4 is 17.8 Å². The van der Waals surface area contributed by atoms with E-state index in [1.807, 2.05) is 11.8 Å². The Balaban J connectivity index is 1.74. The molecule has 0 bridgehead atoms. The van der Waals surface area contributed by atoms with E-state index in [4.69, 9.17) is 0 Å². The molecule has 21 heavy (non-hydrogen) atoms. The van der Waals surface area contributed by atoms with Crippen molar-refractivity contribution in [1.29, 1.82) is 0 Å². The Kier molecular flexibility index (Phi) is 6.23. The highest BCUT2D eigenvalue weighted by Gasteiger charge is 2.35. The first-order valence-corrected chi connectivity index (χ1v) is 9.57. The first-order valence-electron chi connectivity index (χ1n) is 8.29. The number of hydrogen-bond donors (Lipinski definition) is 3. The van der Waals surface area contributed by atoms with Crippen LogP contribution in [0, 0.1) is 5.41 Å². The summed E-state index contributed by atoms with van der Waals surface area (Å²) in [7, 11) is 0. The number of nitrogens with one attached hydrogen (secondary N) is 2. The molecule has 122 valence electrons. The van der Waals surface area contributed by atoms with E-state index < -0.39 is 0 Å². The largest absolute Gasteiger partial charge is 0.392 e. The van der Waals surface area contributed by atoms with Crippen molar-refractivity contribution in [2.45, 2.75) is 75.7 Å². The number of aliphatic hydroxyl groups is 1. The Bertz CT molecular complexity index is 353. The zero-order chi connectivity index (χ0) is 15.3. The van der Waals surface area contributed by atoms with Crippen LogP contribution in [-0.2, 0) is 0 Å². The fourth-order valence-electron chi connectivity index (χ4n) is 3.60. The molecule has 2 rings (SSSR count). The van der Waals surface area contributed by atoms with Crippen LogP contribution in [0.15, 0.2) is 0 Å². The van der Waals surface area contributed by atoms with Crippen LogP contribution in [0.1, 0.15) is 58.3 Å². The molecule has 2 aliphatic carbocycles. The molecule has 5 heteroatoms. The number of carbonyl (C=O) groups is 1. The smallest absolute Gasteiger partial charge is 0.315 e. The van der Waals surface area contributed by atoms with Crippen LogP contribution in [0.4, 0.5) is 4.79 Å². The summed E-state index contributed by atoms with van der Waals surface area (Å²) in [6, 6.07) is 0.237. The molecule has 0 spiro atoms. The maximum atomic E-state index is 12.1. The summed E-state index contributed by atoms with van der Waals surface area (Å²) in [5.41, 5.74) is -0.163. The number of urea groups is 1. The van der Waals surface area contributed by atoms with E-state index in [0.29, 0.717) is 17.8 Å². The highest BCUT2D eigenvalue weighted by Crippen LogP contribution is 2.35. The van der Waals surface area contributed by atoms with E-state index in [9.17, 15) is 9.90 Å². The maximum absolute atomic E-state index is 12.1. The highest BCUT2D eigenvalue weighted by molar-refractivity contribution is 7.99. The van der Waals surface area contributed by atoms with E-state index in [0.717, 1.165) is 38.5 Å². The van der Waals surface area contributed by atoms with Gasteiger partial charge in [0.05, 0.1) is 6.10 Å². The van der Waals surface area contributed by atoms with Gasteiger partial charge in [0.15, 0.2) is 0 Å². The van der Waals surface area contributed by atoms with Gasteiger partial charge in [-0.3, -0.25) is 0 Å². The number of rotatable bonds is 4. The van der Waals surface area contributed by atoms with Crippen LogP contribution in [0.2, 0.25) is 0 Å². The predicted molar refractivity (Wildman–Crippen MR) is 88.7 cm³/mol. The Morgan fingerprint density at radius 1 is 1.29 bits per heavy atom. The Morgan fingerprint density at radius 2 is 2.10 bits per heavy atom. The normalized spacial score (nSPS) is 37.0. The lowest BCUT2D eigenvalue weighted by atomic mass is 9.73. The second kappa shape index (κ2) is 7.73. The summed E-state index contributed by atoms with van der Waals surface area (Å²) in [5.74, 6) is 0. The van der Waals surface area contributed by atoms with Crippen molar-refractivity contribution < 1.29 is 9.90 Å². The Hall–Kier alpha value is -0.420. The van der Waals surface area contributed by atoms with E-state index >= 15 is 0 Å². The van der Waals surface area contributed by atoms with Gasteiger partial charge in [-0.25, -0.2) is 4.79 Å². The van der Waals surface area contributed by atoms with Crippen LogP contribution < -0.4 is 10.6 Å². The van der Waals surface area contributed by atoms with Crippen molar-refractivity contribution in [2.75, 3.05) is 12.8 Å². The molecule has 0 aromatic heterocycles. The maximum Gasteiger partial charge on any atom is 0.315 e. The van der Waals surface area contributed by atoms with E-state index in [2.05, 4.69) is 23.8 Å². The lowest BCUT2D eigenvalue weighted by Gasteiger charge is -2.38. The van der Waals surface area contributed by atoms with Crippen molar-refractivity contribution in [2.24, 2.45) is 5.41 Å². The summed E-state index contributed by atoms with van der Waals surface area (Å²) < 4.78 is 0. The molecule has 4 unspecified atom stereocenters. The van der Waals surface area contributed by atoms with E-state index in [-0.39, 0.29) is 17.6 Å². The molecule has 2 fully saturated rings. The third kappa shape index (κ3) is 4.78. The number of hydrogen-bond acceptors (Lipinski definition) is 3. The molecule has 0 heterocycles. The van der Waals surface area contributed by atoms with Crippen LogP contribution in [0.3, 0.4) is 0 Å². The number of thioether (sulfide) groups is 1. The van der Waals surface area contributed by atoms with Gasteiger partial charge in [-0.2, -0.15) is 11.8 Å². The topological polar surface area (TPSA) is 61.4 Å². The zero-order valence-corrected chi connectivity index (χ0v) is 14.2. The van der Waals surface area contributed by atoms with Gasteiger partial charge in [0.2, 0.25) is 0 Å². The lowest BCUT2D eigenvalue weighted by Crippen LogP contribution is -2.50. The van der Waals surface area contributed by atoms with E-state index in [1.54, 1.807) is 0 Å². The third-order valence-corrected chi connectivity index (χ3v) is 6.32. The van der Waals surface area contributed by atoms with Gasteiger partial charge in [-0.1, -0.05) is 26.2 Å². The predicted octanol–water partition coefficient (Wildman–Crippen LogP) is 2.90. The summed E-state index contributed by atoms with van der Waals surface area (Å²) in [6.45, 7) is 2.65. The summed E-state index contributed by atoms with van der Waals surface area (Å²) >= 11 is 1.91. The average Bonchev–Trinajstić information content (AvgIpc) is 2.49. The second-order valence-electron chi connectivity index (χ2n) is 6.96. The molecule has 0 saturated heterocycles. The molecule has 0 aromatic carbocycles. The molecule has 2 saturated carbocycles. The molecular weight excluding hydrogens is 284 g/mol. The van der Waals surface area contributed by atoms with Gasteiger partial charge >= 0.3 is 6.03 Å². The fourth-order valence-corrected chi connectivity index (χ4v) is 4.42. The molecule has 4 nitrogen and oxygen atoms in total. The van der Waals surface area contributed by atoms with Gasteiger partial charge in [0.25, 0.3) is 0 Å². The summed E-state index contributed by atoms with van der Waals surface area (Å²) in [4.78, 5) is 12.1. The van der Waals surface area contributed by atoms with Crippen molar-refractivity contribution in [3.05, 3.63) is 0 Å². The van der Waals surface area contributed by atoms with Gasteiger partial charge in [-0.05, 0) is 38.4 Å². The highest BCUT2D eigenvalue weighted by atomic mass is 32.2. The monoisotopic (exact) mass is 314 g/mol. The standard InChI is InChI=1S/C16H30N2O2S/c1-16(9-4-3-8-14(16)19)11-17-15(20)18-12-6-5-7-13(10-12)21-2/h12-14,19H,3-11H2,1-2H3,(H2,17,18,20). The minimum Gasteiger partial charge on any atom is -0.392 e. The molecular formula is C16H30N2O2S. The second-order valence-corrected chi connectivity index (χ2v) is 8.10. The van der Waals surface area contributed by atoms with Crippen molar-refractivity contribution in [3.8, 4) is 0 Å².